The van der Waals surface area contributed by atoms with Gasteiger partial charge < -0.3 is 4.98 Å². The third-order valence-electron chi connectivity index (χ3n) is 10.8. The molecule has 2 heteroatoms. The molecule has 0 radical (unpaired) electrons. The highest BCUT2D eigenvalue weighted by Gasteiger charge is 2.63. The second-order valence-electron chi connectivity index (χ2n) is 11.9. The number of aromatic nitrogens is 1. The van der Waals surface area contributed by atoms with Crippen molar-refractivity contribution in [3.05, 3.63) is 36.0 Å². The predicted octanol–water partition coefficient (Wildman–Crippen LogP) is 7.18. The molecule has 0 aliphatic heterocycles. The van der Waals surface area contributed by atoms with E-state index >= 15 is 0 Å². The molecule has 2 aromatic rings. The van der Waals surface area contributed by atoms with Crippen molar-refractivity contribution >= 4 is 16.7 Å². The molecule has 0 amide bonds. The fraction of sp³-hybridized carbons (Fsp3) is 0.679. The number of fused-ring (bicyclic) bond motifs is 4. The van der Waals surface area contributed by atoms with Crippen LogP contribution in [0.25, 0.3) is 10.9 Å². The summed E-state index contributed by atoms with van der Waals surface area (Å²) < 4.78 is 0. The van der Waals surface area contributed by atoms with E-state index in [-0.39, 0.29) is 11.3 Å². The minimum Gasteiger partial charge on any atom is -0.361 e. The van der Waals surface area contributed by atoms with Crippen LogP contribution in [0.15, 0.2) is 30.5 Å². The number of carbonyl (C=O) groups is 1. The Hall–Kier alpha value is -1.57. The van der Waals surface area contributed by atoms with Gasteiger partial charge in [-0.2, -0.15) is 0 Å². The lowest BCUT2D eigenvalue weighted by molar-refractivity contribution is -0.182. The van der Waals surface area contributed by atoms with E-state index in [1.165, 1.54) is 42.1 Å². The highest BCUT2D eigenvalue weighted by Crippen LogP contribution is 2.69. The van der Waals surface area contributed by atoms with Crippen molar-refractivity contribution < 1.29 is 4.79 Å². The number of nitrogens with one attached hydrogen (secondary N) is 1. The number of hydrogen-bond donors (Lipinski definition) is 1. The summed E-state index contributed by atoms with van der Waals surface area (Å²) in [5.74, 6) is 2.90. The highest BCUT2D eigenvalue weighted by molar-refractivity contribution is 5.83. The summed E-state index contributed by atoms with van der Waals surface area (Å²) >= 11 is 0. The number of para-hydroxylation sites is 1. The molecule has 1 aromatic carbocycles. The SMILES string of the molecule is C[C@@H]1CC[C@]2(C)[C@@H](CC[C@]3(C)[C@@H]2CCC(=O)[C@@H]3C)[C@@]1(C)Cc1c[nH]c2ccccc12. The van der Waals surface area contributed by atoms with Crippen molar-refractivity contribution in [1.82, 2.24) is 4.98 Å². The Bertz CT molecular complexity index is 974. The fourth-order valence-electron chi connectivity index (χ4n) is 8.62. The second-order valence-corrected chi connectivity index (χ2v) is 11.9. The van der Waals surface area contributed by atoms with Gasteiger partial charge in [0.1, 0.15) is 5.78 Å². The lowest BCUT2D eigenvalue weighted by Crippen LogP contribution is -2.61. The quantitative estimate of drug-likeness (QED) is 0.564. The maximum atomic E-state index is 12.6. The Morgan fingerprint density at radius 2 is 1.70 bits per heavy atom. The van der Waals surface area contributed by atoms with Gasteiger partial charge in [-0.15, -0.1) is 0 Å². The van der Waals surface area contributed by atoms with E-state index in [1.807, 2.05) is 0 Å². The largest absolute Gasteiger partial charge is 0.361 e. The van der Waals surface area contributed by atoms with E-state index in [4.69, 9.17) is 0 Å². The van der Waals surface area contributed by atoms with Gasteiger partial charge in [0.15, 0.2) is 0 Å². The van der Waals surface area contributed by atoms with Gasteiger partial charge in [0, 0.05) is 29.4 Å². The summed E-state index contributed by atoms with van der Waals surface area (Å²) in [5, 5.41) is 1.40. The summed E-state index contributed by atoms with van der Waals surface area (Å²) in [5.41, 5.74) is 3.62. The van der Waals surface area contributed by atoms with Crippen molar-refractivity contribution in [1.29, 1.82) is 0 Å². The smallest absolute Gasteiger partial charge is 0.136 e. The molecule has 0 bridgehead atoms. The van der Waals surface area contributed by atoms with Crippen LogP contribution in [-0.4, -0.2) is 10.8 Å². The maximum Gasteiger partial charge on any atom is 0.136 e. The summed E-state index contributed by atoms with van der Waals surface area (Å²) in [6.45, 7) is 12.4. The lowest BCUT2D eigenvalue weighted by atomic mass is 9.37. The van der Waals surface area contributed by atoms with Crippen LogP contribution in [0.3, 0.4) is 0 Å². The molecule has 0 saturated heterocycles. The number of rotatable bonds is 2. The first-order valence-electron chi connectivity index (χ1n) is 12.3. The van der Waals surface area contributed by atoms with E-state index in [9.17, 15) is 4.79 Å². The van der Waals surface area contributed by atoms with Gasteiger partial charge >= 0.3 is 0 Å². The third kappa shape index (κ3) is 2.64. The van der Waals surface area contributed by atoms with Gasteiger partial charge in [-0.3, -0.25) is 4.79 Å². The van der Waals surface area contributed by atoms with E-state index in [2.05, 4.69) is 70.1 Å². The van der Waals surface area contributed by atoms with E-state index < -0.39 is 0 Å². The second kappa shape index (κ2) is 6.71. The van der Waals surface area contributed by atoms with Crippen LogP contribution < -0.4 is 0 Å². The van der Waals surface area contributed by atoms with Crippen LogP contribution in [0, 0.1) is 39.9 Å². The van der Waals surface area contributed by atoms with Crippen molar-refractivity contribution in [2.75, 3.05) is 0 Å². The highest BCUT2D eigenvalue weighted by atomic mass is 16.1. The normalized spacial score (nSPS) is 44.0. The zero-order valence-corrected chi connectivity index (χ0v) is 19.6. The number of carbonyl (C=O) groups excluding carboxylic acids is 1. The molecule has 2 nitrogen and oxygen atoms in total. The molecular formula is C28H39NO. The molecule has 0 spiro atoms. The first-order chi connectivity index (χ1) is 14.2. The van der Waals surface area contributed by atoms with Crippen molar-refractivity contribution in [3.63, 3.8) is 0 Å². The standard InChI is InChI=1S/C28H39NO/c1-18-12-14-27(4)24-11-10-23(30)19(2)26(24,3)15-13-25(27)28(18,5)16-20-17-29-22-9-7-6-8-21(20)22/h6-9,17-19,24-25,29H,10-16H2,1-5H3/t18-,19+,24+,25-,26+,27+,28+/m1/s1. The Labute approximate surface area is 182 Å². The average molecular weight is 406 g/mol. The molecule has 3 aliphatic carbocycles. The number of H-pyrrole nitrogens is 1. The maximum absolute atomic E-state index is 12.6. The van der Waals surface area contributed by atoms with Crippen LogP contribution >= 0.6 is 0 Å². The molecule has 0 unspecified atom stereocenters. The number of Topliss-reactive ketones (excluding diaryl/α,β-unsaturated/α-hetero) is 1. The monoisotopic (exact) mass is 405 g/mol. The molecule has 162 valence electrons. The Morgan fingerprint density at radius 1 is 0.967 bits per heavy atom. The molecule has 1 aromatic heterocycles. The van der Waals surface area contributed by atoms with Crippen LogP contribution in [0.2, 0.25) is 0 Å². The van der Waals surface area contributed by atoms with Gasteiger partial charge in [0.05, 0.1) is 0 Å². The topological polar surface area (TPSA) is 32.9 Å². The van der Waals surface area contributed by atoms with Crippen molar-refractivity contribution in [2.24, 2.45) is 39.9 Å². The Balaban J connectivity index is 1.53. The Kier molecular flexibility index (Phi) is 4.55. The zero-order valence-electron chi connectivity index (χ0n) is 19.6. The molecule has 1 heterocycles. The van der Waals surface area contributed by atoms with E-state index in [0.717, 1.165) is 31.1 Å². The van der Waals surface area contributed by atoms with Gasteiger partial charge in [-0.25, -0.2) is 0 Å². The average Bonchev–Trinajstić information content (AvgIpc) is 3.12. The number of hydrogen-bond acceptors (Lipinski definition) is 1. The molecular weight excluding hydrogens is 366 g/mol. The van der Waals surface area contributed by atoms with Gasteiger partial charge in [0.2, 0.25) is 0 Å². The number of benzene rings is 1. The molecule has 5 rings (SSSR count). The van der Waals surface area contributed by atoms with Crippen LogP contribution in [0.5, 0.6) is 0 Å². The molecule has 3 saturated carbocycles. The van der Waals surface area contributed by atoms with Gasteiger partial charge in [-0.05, 0) is 84.2 Å². The minimum absolute atomic E-state index is 0.197. The summed E-state index contributed by atoms with van der Waals surface area (Å²) in [6.07, 6.45) is 10.5. The third-order valence-corrected chi connectivity index (χ3v) is 10.8. The van der Waals surface area contributed by atoms with Crippen LogP contribution in [0.1, 0.15) is 78.7 Å². The zero-order chi connectivity index (χ0) is 21.3. The summed E-state index contributed by atoms with van der Waals surface area (Å²) in [6, 6.07) is 8.77. The molecule has 1 N–H and O–H groups in total. The molecule has 7 atom stereocenters. The minimum atomic E-state index is 0.197. The van der Waals surface area contributed by atoms with Gasteiger partial charge in [0.25, 0.3) is 0 Å². The van der Waals surface area contributed by atoms with E-state index in [1.54, 1.807) is 0 Å². The summed E-state index contributed by atoms with van der Waals surface area (Å²) in [7, 11) is 0. The number of ketones is 1. The lowest BCUT2D eigenvalue weighted by Gasteiger charge is -2.67. The van der Waals surface area contributed by atoms with E-state index in [0.29, 0.717) is 22.5 Å². The van der Waals surface area contributed by atoms with Crippen LogP contribution in [0.4, 0.5) is 0 Å². The molecule has 30 heavy (non-hydrogen) atoms. The van der Waals surface area contributed by atoms with Gasteiger partial charge in [-0.1, -0.05) is 52.8 Å². The van der Waals surface area contributed by atoms with Crippen LogP contribution in [-0.2, 0) is 11.2 Å². The summed E-state index contributed by atoms with van der Waals surface area (Å²) in [4.78, 5) is 16.1. The molecule has 3 fully saturated rings. The first-order valence-corrected chi connectivity index (χ1v) is 12.3. The fourth-order valence-corrected chi connectivity index (χ4v) is 8.62. The first kappa shape index (κ1) is 20.3. The molecule has 3 aliphatic rings. The predicted molar refractivity (Wildman–Crippen MR) is 124 cm³/mol. The van der Waals surface area contributed by atoms with Crippen molar-refractivity contribution in [2.45, 2.75) is 79.6 Å². The van der Waals surface area contributed by atoms with Crippen molar-refractivity contribution in [3.8, 4) is 0 Å². The number of aromatic amines is 1. The Morgan fingerprint density at radius 3 is 2.50 bits per heavy atom.